The van der Waals surface area contributed by atoms with E-state index in [1.165, 1.54) is 5.56 Å². The Bertz CT molecular complexity index is 479. The van der Waals surface area contributed by atoms with Gasteiger partial charge in [-0.25, -0.2) is 0 Å². The van der Waals surface area contributed by atoms with E-state index in [2.05, 4.69) is 5.32 Å². The summed E-state index contributed by atoms with van der Waals surface area (Å²) in [5.41, 5.74) is 3.72. The molecule has 1 aromatic carbocycles. The number of anilines is 1. The van der Waals surface area contributed by atoms with Crippen molar-refractivity contribution in [2.75, 3.05) is 11.9 Å². The van der Waals surface area contributed by atoms with Gasteiger partial charge in [0.25, 0.3) is 0 Å². The van der Waals surface area contributed by atoms with Crippen molar-refractivity contribution < 1.29 is 4.92 Å². The van der Waals surface area contributed by atoms with Crippen molar-refractivity contribution in [2.24, 2.45) is 0 Å². The topological polar surface area (TPSA) is 55.2 Å². The van der Waals surface area contributed by atoms with Crippen molar-refractivity contribution >= 4 is 11.8 Å². The lowest BCUT2D eigenvalue weighted by molar-refractivity contribution is -0.426. The molecule has 1 unspecified atom stereocenters. The maximum Gasteiger partial charge on any atom is 0.247 e. The molecule has 0 amide bonds. The van der Waals surface area contributed by atoms with Crippen molar-refractivity contribution in [2.45, 2.75) is 12.3 Å². The first-order valence-corrected chi connectivity index (χ1v) is 4.97. The molecule has 0 bridgehead atoms. The average Bonchev–Trinajstić information content (AvgIpc) is 2.64. The predicted octanol–water partition coefficient (Wildman–Crippen LogP) is 2.22. The number of rotatable bonds is 1. The molecule has 0 saturated carbocycles. The van der Waals surface area contributed by atoms with Crippen LogP contribution in [0.5, 0.6) is 0 Å². The summed E-state index contributed by atoms with van der Waals surface area (Å²) < 4.78 is 0. The van der Waals surface area contributed by atoms with Gasteiger partial charge in [0.15, 0.2) is 0 Å². The van der Waals surface area contributed by atoms with Crippen LogP contribution in [-0.4, -0.2) is 11.5 Å². The Labute approximate surface area is 86.8 Å². The number of benzene rings is 1. The third-order valence-corrected chi connectivity index (χ3v) is 3.10. The molecule has 3 rings (SSSR count). The third kappa shape index (κ3) is 1.14. The minimum atomic E-state index is -0.270. The molecule has 4 nitrogen and oxygen atoms in total. The Balaban J connectivity index is 2.18. The fraction of sp³-hybridized carbons (Fsp3) is 0.273. The summed E-state index contributed by atoms with van der Waals surface area (Å²) in [7, 11) is 0. The fourth-order valence-corrected chi connectivity index (χ4v) is 2.45. The molecule has 0 saturated heterocycles. The molecule has 76 valence electrons. The molecule has 1 atom stereocenters. The van der Waals surface area contributed by atoms with Crippen LogP contribution in [0.15, 0.2) is 23.9 Å². The van der Waals surface area contributed by atoms with E-state index in [0.29, 0.717) is 12.1 Å². The molecule has 1 heterocycles. The van der Waals surface area contributed by atoms with Crippen LogP contribution in [0.2, 0.25) is 0 Å². The molecule has 1 aliphatic carbocycles. The lowest BCUT2D eigenvalue weighted by Gasteiger charge is -2.15. The van der Waals surface area contributed by atoms with E-state index < -0.39 is 0 Å². The Hall–Kier alpha value is -1.84. The highest BCUT2D eigenvalue weighted by Gasteiger charge is 2.32. The molecule has 1 aliphatic heterocycles. The number of nitro groups is 1. The minimum absolute atomic E-state index is 0.270. The van der Waals surface area contributed by atoms with E-state index in [9.17, 15) is 10.1 Å². The van der Waals surface area contributed by atoms with Gasteiger partial charge in [-0.1, -0.05) is 12.1 Å². The smallest absolute Gasteiger partial charge is 0.247 e. The Morgan fingerprint density at radius 3 is 3.13 bits per heavy atom. The zero-order chi connectivity index (χ0) is 10.4. The van der Waals surface area contributed by atoms with Gasteiger partial charge in [-0.2, -0.15) is 0 Å². The monoisotopic (exact) mass is 202 g/mol. The van der Waals surface area contributed by atoms with Crippen molar-refractivity contribution in [1.82, 2.24) is 0 Å². The quantitative estimate of drug-likeness (QED) is 0.561. The average molecular weight is 202 g/mol. The van der Waals surface area contributed by atoms with Gasteiger partial charge in [0.1, 0.15) is 0 Å². The molecule has 0 fully saturated rings. The molecule has 15 heavy (non-hydrogen) atoms. The molecule has 1 aromatic rings. The lowest BCUT2D eigenvalue weighted by Crippen LogP contribution is -2.12. The number of allylic oxidation sites excluding steroid dienone is 1. The highest BCUT2D eigenvalue weighted by Crippen LogP contribution is 2.42. The van der Waals surface area contributed by atoms with Gasteiger partial charge in [0.2, 0.25) is 5.70 Å². The third-order valence-electron chi connectivity index (χ3n) is 3.10. The molecule has 4 heteroatoms. The van der Waals surface area contributed by atoms with Crippen molar-refractivity contribution in [1.29, 1.82) is 0 Å². The highest BCUT2D eigenvalue weighted by molar-refractivity contribution is 5.71. The van der Waals surface area contributed by atoms with Gasteiger partial charge in [-0.05, 0) is 17.2 Å². The first-order valence-electron chi connectivity index (χ1n) is 4.97. The van der Waals surface area contributed by atoms with Crippen LogP contribution in [0.25, 0.3) is 6.08 Å². The summed E-state index contributed by atoms with van der Waals surface area (Å²) in [6.45, 7) is 0.817. The second kappa shape index (κ2) is 2.82. The summed E-state index contributed by atoms with van der Waals surface area (Å²) in [5.74, 6) is 0.279. The first-order chi connectivity index (χ1) is 7.25. The van der Waals surface area contributed by atoms with E-state index in [0.717, 1.165) is 17.8 Å². The second-order valence-corrected chi connectivity index (χ2v) is 3.98. The van der Waals surface area contributed by atoms with Gasteiger partial charge in [0.05, 0.1) is 4.92 Å². The lowest BCUT2D eigenvalue weighted by atomic mass is 9.87. The van der Waals surface area contributed by atoms with Crippen molar-refractivity contribution in [3.8, 4) is 0 Å². The van der Waals surface area contributed by atoms with Gasteiger partial charge in [-0.15, -0.1) is 0 Å². The van der Waals surface area contributed by atoms with Gasteiger partial charge >= 0.3 is 0 Å². The van der Waals surface area contributed by atoms with E-state index in [4.69, 9.17) is 0 Å². The minimum Gasteiger partial charge on any atom is -0.384 e. The van der Waals surface area contributed by atoms with Gasteiger partial charge < -0.3 is 5.32 Å². The maximum absolute atomic E-state index is 10.8. The molecule has 1 N–H and O–H groups in total. The van der Waals surface area contributed by atoms with Crippen molar-refractivity contribution in [3.05, 3.63) is 45.1 Å². The SMILES string of the molecule is O=[N+]([O-])C1=Cc2cccc3c2C(CN3)C1. The normalized spacial score (nSPS) is 21.6. The van der Waals surface area contributed by atoms with E-state index in [-0.39, 0.29) is 10.8 Å². The van der Waals surface area contributed by atoms with Crippen LogP contribution in [0, 0.1) is 10.1 Å². The Morgan fingerprint density at radius 2 is 2.33 bits per heavy atom. The number of nitrogens with zero attached hydrogens (tertiary/aromatic N) is 1. The summed E-state index contributed by atoms with van der Waals surface area (Å²) in [4.78, 5) is 10.5. The highest BCUT2D eigenvalue weighted by atomic mass is 16.6. The summed E-state index contributed by atoms with van der Waals surface area (Å²) in [6.07, 6.45) is 2.24. The molecule has 2 aliphatic rings. The Morgan fingerprint density at radius 1 is 1.47 bits per heavy atom. The summed E-state index contributed by atoms with van der Waals surface area (Å²) >= 11 is 0. The van der Waals surface area contributed by atoms with Crippen molar-refractivity contribution in [3.63, 3.8) is 0 Å². The van der Waals surface area contributed by atoms with E-state index in [1.54, 1.807) is 6.08 Å². The number of nitrogens with one attached hydrogen (secondary N) is 1. The van der Waals surface area contributed by atoms with Crippen LogP contribution in [-0.2, 0) is 0 Å². The van der Waals surface area contributed by atoms with E-state index >= 15 is 0 Å². The standard InChI is InChI=1S/C11H10N2O2/c14-13(15)9-4-7-2-1-3-10-11(7)8(5-9)6-12-10/h1-4,8,12H,5-6H2. The van der Waals surface area contributed by atoms with Gasteiger partial charge in [0, 0.05) is 30.6 Å². The molecule has 0 aromatic heterocycles. The summed E-state index contributed by atoms with van der Waals surface area (Å²) in [5, 5.41) is 14.0. The van der Waals surface area contributed by atoms with Crippen LogP contribution >= 0.6 is 0 Å². The van der Waals surface area contributed by atoms with Crippen LogP contribution in [0.3, 0.4) is 0 Å². The van der Waals surface area contributed by atoms with Crippen LogP contribution in [0.1, 0.15) is 23.5 Å². The molecular weight excluding hydrogens is 192 g/mol. The summed E-state index contributed by atoms with van der Waals surface area (Å²) in [6, 6.07) is 5.91. The molecular formula is C11H10N2O2. The predicted molar refractivity (Wildman–Crippen MR) is 57.3 cm³/mol. The second-order valence-electron chi connectivity index (χ2n) is 3.98. The first kappa shape index (κ1) is 8.47. The zero-order valence-electron chi connectivity index (χ0n) is 8.06. The van der Waals surface area contributed by atoms with Gasteiger partial charge in [-0.3, -0.25) is 10.1 Å². The zero-order valence-corrected chi connectivity index (χ0v) is 8.06. The van der Waals surface area contributed by atoms with E-state index in [1.807, 2.05) is 18.2 Å². The van der Waals surface area contributed by atoms with Crippen LogP contribution < -0.4 is 5.32 Å². The maximum atomic E-state index is 10.8. The van der Waals surface area contributed by atoms with Crippen LogP contribution in [0.4, 0.5) is 5.69 Å². The fourth-order valence-electron chi connectivity index (χ4n) is 2.45. The number of hydrogen-bond donors (Lipinski definition) is 1. The number of hydrogen-bond acceptors (Lipinski definition) is 3. The Kier molecular flexibility index (Phi) is 1.59. The molecule has 0 spiro atoms. The largest absolute Gasteiger partial charge is 0.384 e. The molecule has 0 radical (unpaired) electrons.